The third-order valence-electron chi connectivity index (χ3n) is 1.59. The Morgan fingerprint density at radius 3 is 2.71 bits per heavy atom. The van der Waals surface area contributed by atoms with E-state index < -0.39 is 18.6 Å². The van der Waals surface area contributed by atoms with Crippen LogP contribution in [0.5, 0.6) is 0 Å². The molecule has 0 aromatic carbocycles. The number of nitrogens with zero attached hydrogens (tertiary/aromatic N) is 2. The van der Waals surface area contributed by atoms with E-state index in [-0.39, 0.29) is 11.3 Å². The summed E-state index contributed by atoms with van der Waals surface area (Å²) in [6.45, 7) is -0.592. The molecule has 3 nitrogen and oxygen atoms in total. The predicted molar refractivity (Wildman–Crippen MR) is 52.5 cm³/mol. The lowest BCUT2D eigenvalue weighted by molar-refractivity contribution is 0.145. The van der Waals surface area contributed by atoms with Crippen LogP contribution < -0.4 is 0 Å². The third-order valence-corrected chi connectivity index (χ3v) is 2.15. The molecule has 0 amide bonds. The molecule has 6 heteroatoms. The minimum absolute atomic E-state index is 0.136. The molecule has 0 saturated carbocycles. The van der Waals surface area contributed by atoms with Gasteiger partial charge in [-0.15, -0.1) is 0 Å². The number of aliphatic hydroxyl groups is 1. The van der Waals surface area contributed by atoms with Gasteiger partial charge in [0.25, 0.3) is 6.43 Å². The number of alkyl halides is 2. The average Bonchev–Trinajstić information content (AvgIpc) is 2.15. The first-order valence-electron chi connectivity index (χ1n) is 3.58. The number of pyridine rings is 1. The van der Waals surface area contributed by atoms with Crippen LogP contribution >= 0.6 is 22.6 Å². The number of aliphatic hydroxyl groups excluding tert-OH is 1. The van der Waals surface area contributed by atoms with E-state index >= 15 is 0 Å². The van der Waals surface area contributed by atoms with Crippen LogP contribution in [-0.2, 0) is 6.61 Å². The largest absolute Gasteiger partial charge is 0.390 e. The van der Waals surface area contributed by atoms with Crippen LogP contribution in [0.3, 0.4) is 0 Å². The normalized spacial score (nSPS) is 10.3. The van der Waals surface area contributed by atoms with Crippen LogP contribution in [0.4, 0.5) is 8.78 Å². The number of rotatable bonds is 2. The molecular weight excluding hydrogens is 305 g/mol. The first kappa shape index (κ1) is 11.3. The van der Waals surface area contributed by atoms with Crippen LogP contribution in [0.1, 0.15) is 23.2 Å². The maximum Gasteiger partial charge on any atom is 0.266 e. The summed E-state index contributed by atoms with van der Waals surface area (Å²) in [6, 6.07) is 2.92. The van der Waals surface area contributed by atoms with Crippen molar-refractivity contribution in [3.8, 4) is 6.07 Å². The van der Waals surface area contributed by atoms with Crippen molar-refractivity contribution < 1.29 is 13.9 Å². The molecule has 0 aliphatic rings. The van der Waals surface area contributed by atoms with Crippen molar-refractivity contribution in [2.45, 2.75) is 13.0 Å². The van der Waals surface area contributed by atoms with Gasteiger partial charge in [-0.1, -0.05) is 0 Å². The maximum absolute atomic E-state index is 12.5. The van der Waals surface area contributed by atoms with Gasteiger partial charge >= 0.3 is 0 Å². The molecule has 0 aliphatic heterocycles. The molecule has 0 atom stereocenters. The highest BCUT2D eigenvalue weighted by molar-refractivity contribution is 14.1. The number of aromatic nitrogens is 1. The highest BCUT2D eigenvalue weighted by Gasteiger charge is 2.19. The molecule has 0 aliphatic carbocycles. The second-order valence-electron chi connectivity index (χ2n) is 2.42. The van der Waals surface area contributed by atoms with Crippen LogP contribution in [-0.4, -0.2) is 10.1 Å². The molecule has 1 aromatic heterocycles. The number of halogens is 3. The van der Waals surface area contributed by atoms with Gasteiger partial charge in [-0.2, -0.15) is 5.26 Å². The van der Waals surface area contributed by atoms with E-state index in [4.69, 9.17) is 10.4 Å². The van der Waals surface area contributed by atoms with Crippen LogP contribution in [0.15, 0.2) is 6.07 Å². The first-order valence-corrected chi connectivity index (χ1v) is 4.66. The highest BCUT2D eigenvalue weighted by Crippen LogP contribution is 2.26. The van der Waals surface area contributed by atoms with Crippen LogP contribution in [0, 0.1) is 15.0 Å². The van der Waals surface area contributed by atoms with Gasteiger partial charge in [-0.05, 0) is 28.7 Å². The second-order valence-corrected chi connectivity index (χ2v) is 3.53. The Balaban J connectivity index is 3.42. The van der Waals surface area contributed by atoms with Gasteiger partial charge in [-0.25, -0.2) is 13.8 Å². The Hall–Kier alpha value is -0.810. The first-order chi connectivity index (χ1) is 6.60. The minimum Gasteiger partial charge on any atom is -0.390 e. The van der Waals surface area contributed by atoms with Crippen molar-refractivity contribution in [3.63, 3.8) is 0 Å². The molecule has 0 unspecified atom stereocenters. The Morgan fingerprint density at radius 2 is 2.29 bits per heavy atom. The zero-order chi connectivity index (χ0) is 10.7. The lowest BCUT2D eigenvalue weighted by Crippen LogP contribution is -2.03. The van der Waals surface area contributed by atoms with Gasteiger partial charge in [-0.3, -0.25) is 0 Å². The highest BCUT2D eigenvalue weighted by atomic mass is 127. The van der Waals surface area contributed by atoms with Gasteiger partial charge in [0.2, 0.25) is 0 Å². The zero-order valence-electron chi connectivity index (χ0n) is 6.84. The quantitative estimate of drug-likeness (QED) is 0.671. The molecule has 14 heavy (non-hydrogen) atoms. The number of nitriles is 1. The summed E-state index contributed by atoms with van der Waals surface area (Å²) < 4.78 is 25.4. The standard InChI is InChI=1S/C8H5F2IN2O/c9-8(10)7-4(2-12)1-6(11)13-5(7)3-14/h1,8,14H,3H2. The van der Waals surface area contributed by atoms with E-state index in [2.05, 4.69) is 4.98 Å². The van der Waals surface area contributed by atoms with E-state index in [1.54, 1.807) is 28.7 Å². The van der Waals surface area contributed by atoms with Gasteiger partial charge in [0.15, 0.2) is 0 Å². The predicted octanol–water partition coefficient (Wildman–Crippen LogP) is 1.99. The molecular formula is C8H5F2IN2O. The average molecular weight is 310 g/mol. The monoisotopic (exact) mass is 310 g/mol. The number of hydrogen-bond donors (Lipinski definition) is 1. The number of hydrogen-bond acceptors (Lipinski definition) is 3. The molecule has 1 aromatic rings. The topological polar surface area (TPSA) is 56.9 Å². The van der Waals surface area contributed by atoms with Gasteiger partial charge < -0.3 is 5.11 Å². The van der Waals surface area contributed by atoms with Gasteiger partial charge in [0, 0.05) is 0 Å². The maximum atomic E-state index is 12.5. The lowest BCUT2D eigenvalue weighted by Gasteiger charge is -2.07. The van der Waals surface area contributed by atoms with E-state index in [1.165, 1.54) is 6.07 Å². The molecule has 74 valence electrons. The Bertz CT molecular complexity index is 390. The molecule has 1 rings (SSSR count). The van der Waals surface area contributed by atoms with Crippen molar-refractivity contribution in [2.24, 2.45) is 0 Å². The molecule has 0 bridgehead atoms. The van der Waals surface area contributed by atoms with E-state index in [0.717, 1.165) is 0 Å². The third kappa shape index (κ3) is 2.16. The van der Waals surface area contributed by atoms with Gasteiger partial charge in [0.05, 0.1) is 29.5 Å². The van der Waals surface area contributed by atoms with Crippen molar-refractivity contribution in [2.75, 3.05) is 0 Å². The molecule has 0 saturated heterocycles. The zero-order valence-corrected chi connectivity index (χ0v) is 8.99. The van der Waals surface area contributed by atoms with Crippen molar-refractivity contribution >= 4 is 22.6 Å². The summed E-state index contributed by atoms with van der Waals surface area (Å²) >= 11 is 1.80. The molecule has 1 N–H and O–H groups in total. The fraction of sp³-hybridized carbons (Fsp3) is 0.250. The molecule has 0 fully saturated rings. The smallest absolute Gasteiger partial charge is 0.266 e. The SMILES string of the molecule is N#Cc1cc(I)nc(CO)c1C(F)F. The van der Waals surface area contributed by atoms with Gasteiger partial charge in [0.1, 0.15) is 3.70 Å². The molecule has 0 spiro atoms. The van der Waals surface area contributed by atoms with Crippen molar-refractivity contribution in [1.29, 1.82) is 5.26 Å². The minimum atomic E-state index is -2.80. The lowest BCUT2D eigenvalue weighted by atomic mass is 10.1. The summed E-state index contributed by atoms with van der Waals surface area (Å²) in [5.41, 5.74) is -0.748. The Labute approximate surface area is 92.5 Å². The van der Waals surface area contributed by atoms with Crippen molar-refractivity contribution in [3.05, 3.63) is 26.6 Å². The van der Waals surface area contributed by atoms with Crippen LogP contribution in [0.25, 0.3) is 0 Å². The summed E-state index contributed by atoms with van der Waals surface area (Å²) in [5, 5.41) is 17.4. The summed E-state index contributed by atoms with van der Waals surface area (Å²) in [7, 11) is 0. The van der Waals surface area contributed by atoms with E-state index in [1.807, 2.05) is 0 Å². The Morgan fingerprint density at radius 1 is 1.64 bits per heavy atom. The fourth-order valence-electron chi connectivity index (χ4n) is 1.03. The Kier molecular flexibility index (Phi) is 3.71. The fourth-order valence-corrected chi connectivity index (χ4v) is 1.63. The molecule has 1 heterocycles. The molecule has 0 radical (unpaired) electrons. The summed E-state index contributed by atoms with van der Waals surface area (Å²) in [5.74, 6) is 0. The van der Waals surface area contributed by atoms with E-state index in [9.17, 15) is 8.78 Å². The van der Waals surface area contributed by atoms with E-state index in [0.29, 0.717) is 3.70 Å². The second kappa shape index (κ2) is 4.61. The van der Waals surface area contributed by atoms with Crippen molar-refractivity contribution in [1.82, 2.24) is 4.98 Å². The van der Waals surface area contributed by atoms with Crippen LogP contribution in [0.2, 0.25) is 0 Å². The summed E-state index contributed by atoms with van der Waals surface area (Å²) in [4.78, 5) is 3.73. The summed E-state index contributed by atoms with van der Waals surface area (Å²) in [6.07, 6.45) is -2.80.